The van der Waals surface area contributed by atoms with Gasteiger partial charge in [0.25, 0.3) is 0 Å². The Kier molecular flexibility index (Phi) is 5.08. The Morgan fingerprint density at radius 2 is 1.13 bits per heavy atom. The first-order valence-corrected chi connectivity index (χ1v) is 9.02. The Labute approximate surface area is 167 Å². The number of rotatable bonds is 3. The fourth-order valence-electron chi connectivity index (χ4n) is 3.80. The zero-order valence-corrected chi connectivity index (χ0v) is 15.4. The lowest BCUT2D eigenvalue weighted by atomic mass is 10.0. The normalized spacial score (nSPS) is 27.4. The van der Waals surface area contributed by atoms with E-state index in [0.717, 1.165) is 24.3 Å². The second-order valence-electron chi connectivity index (χ2n) is 7.36. The molecule has 0 aliphatic carbocycles. The van der Waals surface area contributed by atoms with Gasteiger partial charge in [-0.25, -0.2) is 4.90 Å². The number of benzene rings is 2. The zero-order chi connectivity index (χ0) is 21.7. The number of ether oxygens (including phenoxy) is 2. The fourth-order valence-corrected chi connectivity index (χ4v) is 3.80. The molecular weight excluding hydrogens is 416 g/mol. The van der Waals surface area contributed by atoms with Gasteiger partial charge in [-0.15, -0.1) is 0 Å². The van der Waals surface area contributed by atoms with Crippen LogP contribution in [-0.4, -0.2) is 35.4 Å². The van der Waals surface area contributed by atoms with Gasteiger partial charge in [0.1, 0.15) is 12.5 Å². The van der Waals surface area contributed by atoms with Crippen LogP contribution in [0.25, 0.3) is 0 Å². The van der Waals surface area contributed by atoms with Crippen molar-refractivity contribution in [3.8, 4) is 0 Å². The average Bonchev–Trinajstić information content (AvgIpc) is 3.24. The lowest BCUT2D eigenvalue weighted by Crippen LogP contribution is -2.47. The van der Waals surface area contributed by atoms with E-state index in [0.29, 0.717) is 11.1 Å². The highest BCUT2D eigenvalue weighted by molar-refractivity contribution is 5.30. The molecule has 0 radical (unpaired) electrons. The summed E-state index contributed by atoms with van der Waals surface area (Å²) < 4.78 is 88.7. The number of alkyl halides is 6. The molecule has 1 N–H and O–H groups in total. The SMILES string of the molecule is OCC12CO[C@H](c3ccc(C(F)(F)F)cc3)N1[C@H](c1ccc(C(F)(F)F)cc1)OC2. The van der Waals surface area contributed by atoms with Crippen molar-refractivity contribution in [2.24, 2.45) is 0 Å². The fraction of sp³-hybridized carbons (Fsp3) is 0.400. The van der Waals surface area contributed by atoms with E-state index in [4.69, 9.17) is 9.47 Å². The second-order valence-corrected chi connectivity index (χ2v) is 7.36. The van der Waals surface area contributed by atoms with Crippen LogP contribution in [0.1, 0.15) is 34.7 Å². The smallest absolute Gasteiger partial charge is 0.394 e. The predicted molar refractivity (Wildman–Crippen MR) is 91.9 cm³/mol. The minimum Gasteiger partial charge on any atom is -0.394 e. The molecule has 3 atom stereocenters. The van der Waals surface area contributed by atoms with Crippen molar-refractivity contribution < 1.29 is 40.9 Å². The molecular formula is C20H17F6NO3. The van der Waals surface area contributed by atoms with Crippen molar-refractivity contribution >= 4 is 0 Å². The second kappa shape index (κ2) is 7.23. The van der Waals surface area contributed by atoms with Gasteiger partial charge >= 0.3 is 12.4 Å². The van der Waals surface area contributed by atoms with Crippen LogP contribution in [0.15, 0.2) is 48.5 Å². The lowest BCUT2D eigenvalue weighted by Gasteiger charge is -2.33. The number of hydrogen-bond donors (Lipinski definition) is 1. The van der Waals surface area contributed by atoms with Crippen LogP contribution in [0.2, 0.25) is 0 Å². The van der Waals surface area contributed by atoms with Crippen molar-refractivity contribution in [1.82, 2.24) is 4.90 Å². The Bertz CT molecular complexity index is 825. The van der Waals surface area contributed by atoms with E-state index in [1.165, 1.54) is 24.3 Å². The third-order valence-electron chi connectivity index (χ3n) is 5.41. The number of aliphatic hydroxyl groups is 1. The molecule has 0 amide bonds. The largest absolute Gasteiger partial charge is 0.416 e. The highest BCUT2D eigenvalue weighted by atomic mass is 19.4. The van der Waals surface area contributed by atoms with E-state index in [-0.39, 0.29) is 19.8 Å². The first kappa shape index (κ1) is 21.1. The van der Waals surface area contributed by atoms with Crippen LogP contribution >= 0.6 is 0 Å². The van der Waals surface area contributed by atoms with Crippen LogP contribution in [0.3, 0.4) is 0 Å². The summed E-state index contributed by atoms with van der Waals surface area (Å²) in [5.74, 6) is 0. The summed E-state index contributed by atoms with van der Waals surface area (Å²) in [5.41, 5.74) is -1.73. The summed E-state index contributed by atoms with van der Waals surface area (Å²) in [6.45, 7) is -0.222. The van der Waals surface area contributed by atoms with Gasteiger partial charge in [0, 0.05) is 0 Å². The molecule has 10 heteroatoms. The molecule has 2 heterocycles. The maximum Gasteiger partial charge on any atom is 0.416 e. The molecule has 162 valence electrons. The van der Waals surface area contributed by atoms with Crippen LogP contribution in [0.4, 0.5) is 26.3 Å². The van der Waals surface area contributed by atoms with Crippen molar-refractivity contribution in [1.29, 1.82) is 0 Å². The third kappa shape index (κ3) is 3.58. The van der Waals surface area contributed by atoms with Gasteiger partial charge in [-0.2, -0.15) is 26.3 Å². The molecule has 0 aromatic heterocycles. The van der Waals surface area contributed by atoms with Crippen molar-refractivity contribution in [2.45, 2.75) is 30.3 Å². The lowest BCUT2D eigenvalue weighted by molar-refractivity contribution is -0.138. The molecule has 2 saturated heterocycles. The van der Waals surface area contributed by atoms with Crippen LogP contribution < -0.4 is 0 Å². The van der Waals surface area contributed by atoms with Gasteiger partial charge in [0.15, 0.2) is 0 Å². The van der Waals surface area contributed by atoms with E-state index >= 15 is 0 Å². The first-order valence-electron chi connectivity index (χ1n) is 9.02. The zero-order valence-electron chi connectivity index (χ0n) is 15.4. The van der Waals surface area contributed by atoms with Crippen molar-refractivity contribution in [2.75, 3.05) is 19.8 Å². The minimum absolute atomic E-state index is 0.0618. The van der Waals surface area contributed by atoms with Crippen molar-refractivity contribution in [3.05, 3.63) is 70.8 Å². The summed E-state index contributed by atoms with van der Waals surface area (Å²) in [6, 6.07) is 8.85. The molecule has 2 fully saturated rings. The molecule has 0 spiro atoms. The predicted octanol–water partition coefficient (Wildman–Crippen LogP) is 4.52. The maximum absolute atomic E-state index is 12.9. The van der Waals surface area contributed by atoms with Gasteiger partial charge in [0.05, 0.1) is 36.5 Å². The molecule has 2 aliphatic rings. The topological polar surface area (TPSA) is 41.9 Å². The summed E-state index contributed by atoms with van der Waals surface area (Å²) in [7, 11) is 0. The molecule has 0 saturated carbocycles. The molecule has 2 aromatic carbocycles. The number of aliphatic hydroxyl groups excluding tert-OH is 1. The number of fused-ring (bicyclic) bond motifs is 1. The standard InChI is InChI=1S/C20H17F6NO3/c21-19(22,23)14-5-1-12(2-6-14)16-27-17(30-11-18(27,9-28)10-29-16)13-3-7-15(8-4-13)20(24,25)26/h1-8,16-17,28H,9-11H2/t16-,17+,18?. The van der Waals surface area contributed by atoms with E-state index in [2.05, 4.69) is 0 Å². The number of halogens is 6. The highest BCUT2D eigenvalue weighted by Gasteiger charge is 2.56. The van der Waals surface area contributed by atoms with Gasteiger partial charge in [-0.3, -0.25) is 0 Å². The molecule has 2 aliphatic heterocycles. The van der Waals surface area contributed by atoms with Crippen LogP contribution in [0.5, 0.6) is 0 Å². The molecule has 0 bridgehead atoms. The molecule has 4 nitrogen and oxygen atoms in total. The highest BCUT2D eigenvalue weighted by Crippen LogP contribution is 2.49. The Balaban J connectivity index is 1.66. The third-order valence-corrected chi connectivity index (χ3v) is 5.41. The Morgan fingerprint density at radius 3 is 1.43 bits per heavy atom. The summed E-state index contributed by atoms with van der Waals surface area (Å²) in [4.78, 5) is 1.66. The molecule has 1 unspecified atom stereocenters. The summed E-state index contributed by atoms with van der Waals surface area (Å²) in [6.07, 6.45) is -10.6. The van der Waals surface area contributed by atoms with Gasteiger partial charge in [0.2, 0.25) is 0 Å². The van der Waals surface area contributed by atoms with E-state index in [1.54, 1.807) is 4.90 Å². The summed E-state index contributed by atoms with van der Waals surface area (Å²) in [5, 5.41) is 9.96. The Hall–Kier alpha value is -2.14. The van der Waals surface area contributed by atoms with Crippen LogP contribution in [0, 0.1) is 0 Å². The first-order chi connectivity index (χ1) is 14.0. The molecule has 30 heavy (non-hydrogen) atoms. The number of hydrogen-bond acceptors (Lipinski definition) is 4. The summed E-state index contributed by atoms with van der Waals surface area (Å²) >= 11 is 0. The van der Waals surface area contributed by atoms with Crippen molar-refractivity contribution in [3.63, 3.8) is 0 Å². The average molecular weight is 433 g/mol. The van der Waals surface area contributed by atoms with Gasteiger partial charge in [-0.1, -0.05) is 24.3 Å². The number of nitrogens with zero attached hydrogens (tertiary/aromatic N) is 1. The van der Waals surface area contributed by atoms with Gasteiger partial charge < -0.3 is 14.6 Å². The maximum atomic E-state index is 12.9. The van der Waals surface area contributed by atoms with Crippen LogP contribution in [-0.2, 0) is 21.8 Å². The quantitative estimate of drug-likeness (QED) is 0.724. The van der Waals surface area contributed by atoms with E-state index in [1.807, 2.05) is 0 Å². The minimum atomic E-state index is -4.48. The molecule has 2 aromatic rings. The molecule has 4 rings (SSSR count). The van der Waals surface area contributed by atoms with E-state index < -0.39 is 41.5 Å². The Morgan fingerprint density at radius 1 is 0.767 bits per heavy atom. The van der Waals surface area contributed by atoms with E-state index in [9.17, 15) is 31.4 Å². The van der Waals surface area contributed by atoms with Gasteiger partial charge in [-0.05, 0) is 35.4 Å². The monoisotopic (exact) mass is 433 g/mol.